The van der Waals surface area contributed by atoms with Crippen LogP contribution < -0.4 is 0 Å². The number of benzene rings is 3. The lowest BCUT2D eigenvalue weighted by atomic mass is 9.68. The first kappa shape index (κ1) is 24.1. The Bertz CT molecular complexity index is 1020. The molecule has 0 saturated carbocycles. The summed E-state index contributed by atoms with van der Waals surface area (Å²) < 4.78 is 27.3. The van der Waals surface area contributed by atoms with E-state index in [2.05, 4.69) is 36.2 Å². The predicted molar refractivity (Wildman–Crippen MR) is 132 cm³/mol. The third kappa shape index (κ3) is 5.36. The van der Waals surface area contributed by atoms with Crippen molar-refractivity contribution in [3.63, 3.8) is 0 Å². The van der Waals surface area contributed by atoms with Gasteiger partial charge in [-0.15, -0.1) is 0 Å². The molecule has 1 heterocycles. The molecule has 0 spiro atoms. The van der Waals surface area contributed by atoms with E-state index in [4.69, 9.17) is 0 Å². The minimum atomic E-state index is -0.918. The molecule has 1 aliphatic heterocycles. The highest BCUT2D eigenvalue weighted by Gasteiger charge is 2.46. The summed E-state index contributed by atoms with van der Waals surface area (Å²) in [4.78, 5) is 18.2. The molecule has 1 saturated heterocycles. The molecule has 0 aliphatic carbocycles. The van der Waals surface area contributed by atoms with E-state index in [0.29, 0.717) is 19.5 Å². The van der Waals surface area contributed by atoms with Gasteiger partial charge in [0.2, 0.25) is 5.91 Å². The number of piperidine rings is 1. The fourth-order valence-electron chi connectivity index (χ4n) is 5.01. The fraction of sp³-hybridized carbons (Fsp3) is 0.345. The number of amides is 1. The highest BCUT2D eigenvalue weighted by Crippen LogP contribution is 2.41. The van der Waals surface area contributed by atoms with Crippen LogP contribution >= 0.6 is 0 Å². The van der Waals surface area contributed by atoms with Gasteiger partial charge in [-0.3, -0.25) is 4.79 Å². The van der Waals surface area contributed by atoms with E-state index in [9.17, 15) is 13.6 Å². The molecule has 1 aliphatic rings. The van der Waals surface area contributed by atoms with Crippen molar-refractivity contribution < 1.29 is 13.6 Å². The first-order valence-electron chi connectivity index (χ1n) is 12.0. The Morgan fingerprint density at radius 3 is 2.03 bits per heavy atom. The van der Waals surface area contributed by atoms with Gasteiger partial charge >= 0.3 is 0 Å². The van der Waals surface area contributed by atoms with Crippen molar-refractivity contribution in [1.82, 2.24) is 9.80 Å². The van der Waals surface area contributed by atoms with E-state index in [1.165, 1.54) is 29.8 Å². The monoisotopic (exact) mass is 462 g/mol. The van der Waals surface area contributed by atoms with Crippen LogP contribution in [0.4, 0.5) is 8.78 Å². The predicted octanol–water partition coefficient (Wildman–Crippen LogP) is 5.44. The van der Waals surface area contributed by atoms with Crippen LogP contribution in [0, 0.1) is 11.6 Å². The Kier molecular flexibility index (Phi) is 7.73. The molecule has 3 aromatic carbocycles. The molecule has 3 aromatic rings. The van der Waals surface area contributed by atoms with Crippen LogP contribution in [0.1, 0.15) is 36.0 Å². The highest BCUT2D eigenvalue weighted by atomic mass is 19.1. The Hall–Kier alpha value is -3.05. The molecule has 178 valence electrons. The molecule has 0 atom stereocenters. The second-order valence-electron chi connectivity index (χ2n) is 9.21. The molecule has 0 aromatic heterocycles. The lowest BCUT2D eigenvalue weighted by Crippen LogP contribution is -2.52. The van der Waals surface area contributed by atoms with Crippen LogP contribution in [-0.4, -0.2) is 48.9 Å². The minimum Gasteiger partial charge on any atom is -0.342 e. The summed E-state index contributed by atoms with van der Waals surface area (Å²) >= 11 is 0. The van der Waals surface area contributed by atoms with Crippen molar-refractivity contribution in [3.05, 3.63) is 107 Å². The number of likely N-dealkylation sites (tertiary alicyclic amines) is 1. The average Bonchev–Trinajstić information content (AvgIpc) is 2.86. The summed E-state index contributed by atoms with van der Waals surface area (Å²) in [6.45, 7) is 3.24. The van der Waals surface area contributed by atoms with Gasteiger partial charge in [0.05, 0.1) is 5.41 Å². The maximum atomic E-state index is 13.9. The van der Waals surface area contributed by atoms with Crippen LogP contribution in [0.3, 0.4) is 0 Å². The van der Waals surface area contributed by atoms with Crippen LogP contribution in [0.15, 0.2) is 78.9 Å². The molecule has 4 rings (SSSR count). The zero-order valence-electron chi connectivity index (χ0n) is 19.7. The van der Waals surface area contributed by atoms with Crippen LogP contribution in [0.25, 0.3) is 0 Å². The topological polar surface area (TPSA) is 23.6 Å². The lowest BCUT2D eigenvalue weighted by molar-refractivity contribution is -0.139. The molecule has 0 unspecified atom stereocenters. The van der Waals surface area contributed by atoms with Crippen LogP contribution in [-0.2, 0) is 16.6 Å². The number of hydrogen-bond donors (Lipinski definition) is 0. The van der Waals surface area contributed by atoms with Crippen molar-refractivity contribution in [3.8, 4) is 0 Å². The lowest BCUT2D eigenvalue weighted by Gasteiger charge is -2.43. The van der Waals surface area contributed by atoms with Gasteiger partial charge in [0, 0.05) is 19.6 Å². The number of hydrogen-bond acceptors (Lipinski definition) is 2. The molecule has 34 heavy (non-hydrogen) atoms. The second kappa shape index (κ2) is 10.9. The Balaban J connectivity index is 1.45. The van der Waals surface area contributed by atoms with E-state index in [0.717, 1.165) is 43.5 Å². The zero-order valence-corrected chi connectivity index (χ0v) is 19.7. The molecule has 1 fully saturated rings. The SMILES string of the molecule is CN(CCCN1CCCC(c2ccc(F)cc2)(c2ccc(F)cc2)C1=O)CCc1ccccc1. The van der Waals surface area contributed by atoms with E-state index < -0.39 is 5.41 Å². The third-order valence-electron chi connectivity index (χ3n) is 6.90. The van der Waals surface area contributed by atoms with Crippen molar-refractivity contribution in [2.45, 2.75) is 31.1 Å². The largest absolute Gasteiger partial charge is 0.342 e. The molecule has 0 N–H and O–H groups in total. The zero-order chi connectivity index (χ0) is 24.0. The van der Waals surface area contributed by atoms with Gasteiger partial charge in [0.15, 0.2) is 0 Å². The van der Waals surface area contributed by atoms with E-state index in [-0.39, 0.29) is 17.5 Å². The van der Waals surface area contributed by atoms with Crippen LogP contribution in [0.2, 0.25) is 0 Å². The smallest absolute Gasteiger partial charge is 0.237 e. The van der Waals surface area contributed by atoms with Gasteiger partial charge in [-0.25, -0.2) is 8.78 Å². The Morgan fingerprint density at radius 2 is 1.44 bits per heavy atom. The molecular weight excluding hydrogens is 430 g/mol. The van der Waals surface area contributed by atoms with Gasteiger partial charge in [0.1, 0.15) is 11.6 Å². The molecule has 1 amide bonds. The van der Waals surface area contributed by atoms with Crippen molar-refractivity contribution in [2.24, 2.45) is 0 Å². The average molecular weight is 463 g/mol. The van der Waals surface area contributed by atoms with Crippen LogP contribution in [0.5, 0.6) is 0 Å². The first-order chi connectivity index (χ1) is 16.5. The summed E-state index contributed by atoms with van der Waals surface area (Å²) in [6.07, 6.45) is 3.33. The minimum absolute atomic E-state index is 0.0175. The number of carbonyl (C=O) groups excluding carboxylic acids is 1. The summed E-state index contributed by atoms with van der Waals surface area (Å²) in [5.74, 6) is -0.655. The first-order valence-corrected chi connectivity index (χ1v) is 12.0. The number of nitrogens with zero attached hydrogens (tertiary/aromatic N) is 2. The van der Waals surface area contributed by atoms with Gasteiger partial charge < -0.3 is 9.80 Å². The fourth-order valence-corrected chi connectivity index (χ4v) is 5.01. The Labute approximate surface area is 201 Å². The molecule has 0 bridgehead atoms. The van der Waals surface area contributed by atoms with E-state index >= 15 is 0 Å². The molecule has 5 heteroatoms. The Morgan fingerprint density at radius 1 is 0.853 bits per heavy atom. The van der Waals surface area contributed by atoms with Crippen molar-refractivity contribution in [2.75, 3.05) is 33.2 Å². The number of rotatable bonds is 9. The standard InChI is InChI=1S/C29H32F2N2O/c1-32(22-17-23-7-3-2-4-8-23)19-6-21-33-20-5-18-29(28(33)34,24-9-13-26(30)14-10-24)25-11-15-27(31)16-12-25/h2-4,7-16H,5-6,17-22H2,1H3. The number of carbonyl (C=O) groups is 1. The van der Waals surface area contributed by atoms with Gasteiger partial charge in [-0.1, -0.05) is 54.6 Å². The second-order valence-corrected chi connectivity index (χ2v) is 9.21. The summed E-state index contributed by atoms with van der Waals surface area (Å²) in [7, 11) is 2.11. The quantitative estimate of drug-likeness (QED) is 0.423. The third-order valence-corrected chi connectivity index (χ3v) is 6.90. The molecular formula is C29H32F2N2O. The molecule has 3 nitrogen and oxygen atoms in total. The van der Waals surface area contributed by atoms with E-state index in [1.807, 2.05) is 11.0 Å². The normalized spacial score (nSPS) is 15.6. The van der Waals surface area contributed by atoms with Crippen molar-refractivity contribution >= 4 is 5.91 Å². The summed E-state index contributed by atoms with van der Waals surface area (Å²) in [6, 6.07) is 22.8. The van der Waals surface area contributed by atoms with Gasteiger partial charge in [-0.05, 0) is 80.2 Å². The maximum Gasteiger partial charge on any atom is 0.237 e. The number of halogens is 2. The van der Waals surface area contributed by atoms with E-state index in [1.54, 1.807) is 24.3 Å². The van der Waals surface area contributed by atoms with Gasteiger partial charge in [-0.2, -0.15) is 0 Å². The summed E-state index contributed by atoms with van der Waals surface area (Å²) in [5, 5.41) is 0. The number of likely N-dealkylation sites (N-methyl/N-ethyl adjacent to an activating group) is 1. The van der Waals surface area contributed by atoms with Crippen molar-refractivity contribution in [1.29, 1.82) is 0 Å². The highest BCUT2D eigenvalue weighted by molar-refractivity contribution is 5.92. The summed E-state index contributed by atoms with van der Waals surface area (Å²) in [5.41, 5.74) is 1.92. The maximum absolute atomic E-state index is 13.9. The molecule has 0 radical (unpaired) electrons. The van der Waals surface area contributed by atoms with Gasteiger partial charge in [0.25, 0.3) is 0 Å².